The summed E-state index contributed by atoms with van der Waals surface area (Å²) in [4.78, 5) is 4.39. The molecule has 3 heteroatoms. The molecule has 0 spiro atoms. The zero-order valence-corrected chi connectivity index (χ0v) is 13.3. The third kappa shape index (κ3) is 8.98. The summed E-state index contributed by atoms with van der Waals surface area (Å²) in [7, 11) is 8.35. The molecule has 0 aromatic rings. The van der Waals surface area contributed by atoms with Gasteiger partial charge in [-0.15, -0.1) is 13.2 Å². The van der Waals surface area contributed by atoms with Crippen molar-refractivity contribution in [3.63, 3.8) is 0 Å². The largest absolute Gasteiger partial charge is 0.381 e. The van der Waals surface area contributed by atoms with Crippen molar-refractivity contribution < 1.29 is 4.74 Å². The van der Waals surface area contributed by atoms with E-state index in [4.69, 9.17) is 4.74 Å². The number of likely N-dealkylation sites (N-methyl/N-ethyl adjacent to an activating group) is 2. The monoisotopic (exact) mass is 268 g/mol. The number of nitrogens with zero attached hydrogens (tertiary/aromatic N) is 2. The minimum atomic E-state index is 0.461. The first-order chi connectivity index (χ1) is 9.02. The lowest BCUT2D eigenvalue weighted by Crippen LogP contribution is -2.26. The lowest BCUT2D eigenvalue weighted by Gasteiger charge is -2.21. The van der Waals surface area contributed by atoms with E-state index in [0.717, 1.165) is 38.9 Å². The zero-order chi connectivity index (χ0) is 14.7. The summed E-state index contributed by atoms with van der Waals surface area (Å²) in [5, 5.41) is 0. The molecule has 0 N–H and O–H groups in total. The van der Waals surface area contributed by atoms with Gasteiger partial charge in [0.2, 0.25) is 0 Å². The predicted octanol–water partition coefficient (Wildman–Crippen LogP) is 2.80. The van der Waals surface area contributed by atoms with Crippen LogP contribution in [-0.4, -0.2) is 63.3 Å². The second kappa shape index (κ2) is 11.2. The fourth-order valence-corrected chi connectivity index (χ4v) is 2.06. The zero-order valence-electron chi connectivity index (χ0n) is 13.3. The van der Waals surface area contributed by atoms with E-state index in [-0.39, 0.29) is 0 Å². The van der Waals surface area contributed by atoms with E-state index < -0.39 is 0 Å². The van der Waals surface area contributed by atoms with Gasteiger partial charge in [0.05, 0.1) is 0 Å². The quantitative estimate of drug-likeness (QED) is 0.400. The standard InChI is InChI=1S/C16H32N2O/c1-7-15(17(3)4)11-9-13-19-14-10-12-16(8-2)18(5)6/h7-8,15-16H,1-2,9-14H2,3-6H3. The fourth-order valence-electron chi connectivity index (χ4n) is 2.06. The Morgan fingerprint density at radius 3 is 1.47 bits per heavy atom. The normalized spacial score (nSPS) is 14.6. The summed E-state index contributed by atoms with van der Waals surface area (Å²) in [6.45, 7) is 9.41. The van der Waals surface area contributed by atoms with Crippen LogP contribution >= 0.6 is 0 Å². The summed E-state index contributed by atoms with van der Waals surface area (Å²) >= 11 is 0. The summed E-state index contributed by atoms with van der Waals surface area (Å²) in [5.41, 5.74) is 0. The summed E-state index contributed by atoms with van der Waals surface area (Å²) in [6, 6.07) is 0.921. The van der Waals surface area contributed by atoms with Gasteiger partial charge in [-0.05, 0) is 53.9 Å². The van der Waals surface area contributed by atoms with Crippen LogP contribution in [0.25, 0.3) is 0 Å². The van der Waals surface area contributed by atoms with E-state index in [1.54, 1.807) is 0 Å². The number of ether oxygens (including phenoxy) is 1. The second-order valence-electron chi connectivity index (χ2n) is 5.43. The molecule has 0 aliphatic rings. The van der Waals surface area contributed by atoms with Gasteiger partial charge in [-0.1, -0.05) is 12.2 Å². The molecule has 0 fully saturated rings. The van der Waals surface area contributed by atoms with Gasteiger partial charge in [-0.2, -0.15) is 0 Å². The van der Waals surface area contributed by atoms with E-state index in [1.165, 1.54) is 0 Å². The van der Waals surface area contributed by atoms with Gasteiger partial charge in [0.15, 0.2) is 0 Å². The molecule has 0 bridgehead atoms. The summed E-state index contributed by atoms with van der Waals surface area (Å²) < 4.78 is 5.68. The first kappa shape index (κ1) is 18.4. The van der Waals surface area contributed by atoms with Gasteiger partial charge < -0.3 is 14.5 Å². The average Bonchev–Trinajstić information content (AvgIpc) is 2.36. The maximum absolute atomic E-state index is 5.68. The van der Waals surface area contributed by atoms with Crippen molar-refractivity contribution in [3.05, 3.63) is 25.3 Å². The minimum Gasteiger partial charge on any atom is -0.381 e. The van der Waals surface area contributed by atoms with Crippen LogP contribution in [0.5, 0.6) is 0 Å². The molecule has 0 aliphatic heterocycles. The first-order valence-corrected chi connectivity index (χ1v) is 7.18. The van der Waals surface area contributed by atoms with Crippen LogP contribution < -0.4 is 0 Å². The second-order valence-corrected chi connectivity index (χ2v) is 5.43. The van der Waals surface area contributed by atoms with Gasteiger partial charge in [0.1, 0.15) is 0 Å². The number of hydrogen-bond acceptors (Lipinski definition) is 3. The number of hydrogen-bond donors (Lipinski definition) is 0. The maximum Gasteiger partial charge on any atom is 0.0466 e. The van der Waals surface area contributed by atoms with Crippen molar-refractivity contribution in [2.75, 3.05) is 41.4 Å². The van der Waals surface area contributed by atoms with Crippen molar-refractivity contribution in [1.82, 2.24) is 9.80 Å². The van der Waals surface area contributed by atoms with Gasteiger partial charge in [-0.25, -0.2) is 0 Å². The van der Waals surface area contributed by atoms with Crippen LogP contribution in [0, 0.1) is 0 Å². The fraction of sp³-hybridized carbons (Fsp3) is 0.750. The van der Waals surface area contributed by atoms with Crippen molar-refractivity contribution >= 4 is 0 Å². The van der Waals surface area contributed by atoms with Crippen LogP contribution in [-0.2, 0) is 4.74 Å². The molecular formula is C16H32N2O. The summed E-state index contributed by atoms with van der Waals surface area (Å²) in [5.74, 6) is 0. The molecule has 0 radical (unpaired) electrons. The Bertz CT molecular complexity index is 215. The molecule has 0 aromatic heterocycles. The van der Waals surface area contributed by atoms with E-state index in [9.17, 15) is 0 Å². The highest BCUT2D eigenvalue weighted by Crippen LogP contribution is 2.06. The SMILES string of the molecule is C=CC(CCCOCCCC(C=C)N(C)C)N(C)C. The van der Waals surface area contributed by atoms with Gasteiger partial charge in [-0.3, -0.25) is 0 Å². The first-order valence-electron chi connectivity index (χ1n) is 7.18. The molecule has 19 heavy (non-hydrogen) atoms. The maximum atomic E-state index is 5.68. The third-order valence-corrected chi connectivity index (χ3v) is 3.45. The summed E-state index contributed by atoms with van der Waals surface area (Å²) in [6.07, 6.45) is 8.42. The molecule has 0 heterocycles. The number of rotatable bonds is 12. The molecular weight excluding hydrogens is 236 g/mol. The van der Waals surface area contributed by atoms with E-state index in [2.05, 4.69) is 51.1 Å². The van der Waals surface area contributed by atoms with Crippen molar-refractivity contribution in [3.8, 4) is 0 Å². The van der Waals surface area contributed by atoms with Crippen LogP contribution in [0.2, 0.25) is 0 Å². The van der Waals surface area contributed by atoms with Crippen LogP contribution in [0.3, 0.4) is 0 Å². The molecule has 2 atom stereocenters. The molecule has 112 valence electrons. The Hall–Kier alpha value is -0.640. The third-order valence-electron chi connectivity index (χ3n) is 3.45. The Morgan fingerprint density at radius 1 is 0.842 bits per heavy atom. The van der Waals surface area contributed by atoms with Gasteiger partial charge in [0, 0.05) is 25.3 Å². The molecule has 0 amide bonds. The van der Waals surface area contributed by atoms with Gasteiger partial charge in [0.25, 0.3) is 0 Å². The Kier molecular flexibility index (Phi) is 10.8. The van der Waals surface area contributed by atoms with E-state index in [1.807, 2.05) is 12.2 Å². The smallest absolute Gasteiger partial charge is 0.0466 e. The highest BCUT2D eigenvalue weighted by molar-refractivity contribution is 4.85. The molecule has 0 saturated carbocycles. The lowest BCUT2D eigenvalue weighted by molar-refractivity contribution is 0.118. The van der Waals surface area contributed by atoms with Crippen molar-refractivity contribution in [2.24, 2.45) is 0 Å². The van der Waals surface area contributed by atoms with E-state index in [0.29, 0.717) is 12.1 Å². The Labute approximate surface area is 119 Å². The topological polar surface area (TPSA) is 15.7 Å². The van der Waals surface area contributed by atoms with Crippen LogP contribution in [0.1, 0.15) is 25.7 Å². The average molecular weight is 268 g/mol. The molecule has 0 saturated heterocycles. The van der Waals surface area contributed by atoms with Crippen molar-refractivity contribution in [1.29, 1.82) is 0 Å². The molecule has 2 unspecified atom stereocenters. The Morgan fingerprint density at radius 2 is 1.21 bits per heavy atom. The molecule has 0 aliphatic carbocycles. The molecule has 0 rings (SSSR count). The molecule has 3 nitrogen and oxygen atoms in total. The van der Waals surface area contributed by atoms with Crippen LogP contribution in [0.4, 0.5) is 0 Å². The minimum absolute atomic E-state index is 0.461. The van der Waals surface area contributed by atoms with Gasteiger partial charge >= 0.3 is 0 Å². The lowest BCUT2D eigenvalue weighted by atomic mass is 10.1. The van der Waals surface area contributed by atoms with Crippen LogP contribution in [0.15, 0.2) is 25.3 Å². The van der Waals surface area contributed by atoms with Crippen molar-refractivity contribution in [2.45, 2.75) is 37.8 Å². The highest BCUT2D eigenvalue weighted by atomic mass is 16.5. The highest BCUT2D eigenvalue weighted by Gasteiger charge is 2.07. The van der Waals surface area contributed by atoms with E-state index >= 15 is 0 Å². The Balaban J connectivity index is 3.50. The predicted molar refractivity (Wildman–Crippen MR) is 84.6 cm³/mol. The molecule has 0 aromatic carbocycles.